The summed E-state index contributed by atoms with van der Waals surface area (Å²) < 4.78 is 13.0. The minimum Gasteiger partial charge on any atom is -0.332 e. The van der Waals surface area contributed by atoms with Crippen LogP contribution in [0.3, 0.4) is 0 Å². The number of hydrogen-bond donors (Lipinski definition) is 2. The number of thiazole rings is 1. The fourth-order valence-electron chi connectivity index (χ4n) is 1.89. The molecule has 0 aliphatic carbocycles. The molecule has 120 valence electrons. The van der Waals surface area contributed by atoms with Crippen molar-refractivity contribution in [3.05, 3.63) is 77.1 Å². The van der Waals surface area contributed by atoms with E-state index >= 15 is 0 Å². The zero-order valence-corrected chi connectivity index (χ0v) is 13.3. The molecule has 0 unspecified atom stereocenters. The van der Waals surface area contributed by atoms with E-state index in [4.69, 9.17) is 0 Å². The van der Waals surface area contributed by atoms with Crippen molar-refractivity contribution in [1.29, 1.82) is 0 Å². The van der Waals surface area contributed by atoms with E-state index < -0.39 is 5.91 Å². The summed E-state index contributed by atoms with van der Waals surface area (Å²) >= 11 is 1.32. The number of para-hydroxylation sites is 1. The van der Waals surface area contributed by atoms with Gasteiger partial charge in [-0.1, -0.05) is 30.3 Å². The number of hydrazone groups is 1. The first-order valence-corrected chi connectivity index (χ1v) is 7.95. The van der Waals surface area contributed by atoms with Gasteiger partial charge in [0.1, 0.15) is 11.5 Å². The lowest BCUT2D eigenvalue weighted by atomic mass is 10.2. The number of hydrogen-bond acceptors (Lipinski definition) is 5. The van der Waals surface area contributed by atoms with E-state index in [2.05, 4.69) is 20.8 Å². The molecular weight excluding hydrogens is 327 g/mol. The Hall–Kier alpha value is -3.06. The van der Waals surface area contributed by atoms with Crippen LogP contribution in [0.1, 0.15) is 16.1 Å². The monoisotopic (exact) mass is 340 g/mol. The van der Waals surface area contributed by atoms with Gasteiger partial charge in [0.05, 0.1) is 6.21 Å². The van der Waals surface area contributed by atoms with Gasteiger partial charge < -0.3 is 5.32 Å². The quantitative estimate of drug-likeness (QED) is 0.548. The first-order valence-electron chi connectivity index (χ1n) is 7.07. The third kappa shape index (κ3) is 4.23. The maximum Gasteiger partial charge on any atom is 0.290 e. The first kappa shape index (κ1) is 15.8. The highest BCUT2D eigenvalue weighted by Crippen LogP contribution is 2.20. The van der Waals surface area contributed by atoms with E-state index in [1.165, 1.54) is 29.7 Å². The molecule has 7 heteroatoms. The summed E-state index contributed by atoms with van der Waals surface area (Å²) in [5, 5.41) is 9.17. The molecule has 0 fully saturated rings. The molecule has 0 bridgehead atoms. The number of carbonyl (C=O) groups is 1. The third-order valence-corrected chi connectivity index (χ3v) is 3.75. The van der Waals surface area contributed by atoms with Gasteiger partial charge in [-0.15, -0.1) is 11.3 Å². The van der Waals surface area contributed by atoms with Gasteiger partial charge in [-0.25, -0.2) is 14.8 Å². The number of rotatable bonds is 5. The van der Waals surface area contributed by atoms with E-state index in [9.17, 15) is 9.18 Å². The average Bonchev–Trinajstić information content (AvgIpc) is 3.04. The maximum atomic E-state index is 13.0. The summed E-state index contributed by atoms with van der Waals surface area (Å²) in [6.07, 6.45) is 1.37. The van der Waals surface area contributed by atoms with Gasteiger partial charge in [0, 0.05) is 11.1 Å². The van der Waals surface area contributed by atoms with Crippen molar-refractivity contribution in [2.24, 2.45) is 5.10 Å². The smallest absolute Gasteiger partial charge is 0.290 e. The highest BCUT2D eigenvalue weighted by Gasteiger charge is 2.10. The predicted molar refractivity (Wildman–Crippen MR) is 93.3 cm³/mol. The second-order valence-corrected chi connectivity index (χ2v) is 5.64. The minimum absolute atomic E-state index is 0.259. The van der Waals surface area contributed by atoms with Crippen LogP contribution in [-0.2, 0) is 0 Å². The van der Waals surface area contributed by atoms with Gasteiger partial charge in [-0.2, -0.15) is 5.10 Å². The van der Waals surface area contributed by atoms with Crippen molar-refractivity contribution in [3.8, 4) is 0 Å². The van der Waals surface area contributed by atoms with Crippen LogP contribution in [-0.4, -0.2) is 17.1 Å². The molecular formula is C17H13FN4OS. The van der Waals surface area contributed by atoms with Crippen LogP contribution in [0.2, 0.25) is 0 Å². The van der Waals surface area contributed by atoms with Gasteiger partial charge in [-0.3, -0.25) is 4.79 Å². The van der Waals surface area contributed by atoms with Gasteiger partial charge >= 0.3 is 0 Å². The van der Waals surface area contributed by atoms with Crippen molar-refractivity contribution < 1.29 is 9.18 Å². The summed E-state index contributed by atoms with van der Waals surface area (Å²) in [4.78, 5) is 16.2. The molecule has 0 aliphatic heterocycles. The third-order valence-electron chi connectivity index (χ3n) is 2.99. The highest BCUT2D eigenvalue weighted by molar-refractivity contribution is 7.14. The summed E-state index contributed by atoms with van der Waals surface area (Å²) in [5.41, 5.74) is 4.07. The molecule has 2 N–H and O–H groups in total. The number of anilines is 2. The fourth-order valence-corrected chi connectivity index (χ4v) is 2.60. The summed E-state index contributed by atoms with van der Waals surface area (Å²) in [6, 6.07) is 15.5. The van der Waals surface area contributed by atoms with Crippen LogP contribution in [0, 0.1) is 5.82 Å². The molecule has 24 heavy (non-hydrogen) atoms. The molecule has 2 aromatic carbocycles. The van der Waals surface area contributed by atoms with Gasteiger partial charge in [0.15, 0.2) is 5.13 Å². The van der Waals surface area contributed by atoms with Gasteiger partial charge in [-0.05, 0) is 29.8 Å². The minimum atomic E-state index is -0.431. The Balaban J connectivity index is 1.59. The Labute approximate surface area is 141 Å². The SMILES string of the molecule is O=C(N/N=C/c1cccc(F)c1)c1csc(Nc2ccccc2)n1. The van der Waals surface area contributed by atoms with Crippen LogP contribution in [0.25, 0.3) is 0 Å². The van der Waals surface area contributed by atoms with Crippen LogP contribution in [0.5, 0.6) is 0 Å². The molecule has 0 saturated heterocycles. The zero-order chi connectivity index (χ0) is 16.8. The van der Waals surface area contributed by atoms with Crippen LogP contribution in [0.4, 0.5) is 15.2 Å². The van der Waals surface area contributed by atoms with E-state index in [-0.39, 0.29) is 11.5 Å². The van der Waals surface area contributed by atoms with E-state index in [1.807, 2.05) is 30.3 Å². The molecule has 0 spiro atoms. The largest absolute Gasteiger partial charge is 0.332 e. The van der Waals surface area contributed by atoms with Crippen molar-refractivity contribution in [1.82, 2.24) is 10.4 Å². The summed E-state index contributed by atoms with van der Waals surface area (Å²) in [7, 11) is 0. The predicted octanol–water partition coefficient (Wildman–Crippen LogP) is 3.79. The molecule has 0 radical (unpaired) electrons. The molecule has 0 saturated carbocycles. The fraction of sp³-hybridized carbons (Fsp3) is 0. The lowest BCUT2D eigenvalue weighted by Gasteiger charge is -2.00. The molecule has 1 amide bonds. The van der Waals surface area contributed by atoms with Crippen molar-refractivity contribution in [2.45, 2.75) is 0 Å². The van der Waals surface area contributed by atoms with E-state index in [1.54, 1.807) is 17.5 Å². The van der Waals surface area contributed by atoms with Crippen LogP contribution in [0.15, 0.2) is 65.1 Å². The molecule has 0 atom stereocenters. The number of aromatic nitrogens is 1. The van der Waals surface area contributed by atoms with Crippen LogP contribution >= 0.6 is 11.3 Å². The number of carbonyl (C=O) groups excluding carboxylic acids is 1. The number of benzene rings is 2. The van der Waals surface area contributed by atoms with Gasteiger partial charge in [0.2, 0.25) is 0 Å². The lowest BCUT2D eigenvalue weighted by molar-refractivity contribution is 0.0951. The standard InChI is InChI=1S/C17H13FN4OS/c18-13-6-4-5-12(9-13)10-19-22-16(23)15-11-24-17(21-15)20-14-7-2-1-3-8-14/h1-11H,(H,20,21)(H,22,23)/b19-10+. The molecule has 5 nitrogen and oxygen atoms in total. The Bertz CT molecular complexity index is 864. The van der Waals surface area contributed by atoms with Crippen molar-refractivity contribution >= 4 is 34.3 Å². The van der Waals surface area contributed by atoms with E-state index in [0.29, 0.717) is 10.7 Å². The summed E-state index contributed by atoms with van der Waals surface area (Å²) in [5.74, 6) is -0.790. The molecule has 1 aromatic heterocycles. The number of halogens is 1. The first-order chi connectivity index (χ1) is 11.7. The Morgan fingerprint density at radius 1 is 1.17 bits per heavy atom. The van der Waals surface area contributed by atoms with E-state index in [0.717, 1.165) is 5.69 Å². The van der Waals surface area contributed by atoms with Crippen molar-refractivity contribution in [3.63, 3.8) is 0 Å². The topological polar surface area (TPSA) is 66.4 Å². The maximum absolute atomic E-state index is 13.0. The number of nitrogens with one attached hydrogen (secondary N) is 2. The Kier molecular flexibility index (Phi) is 4.93. The highest BCUT2D eigenvalue weighted by atomic mass is 32.1. The van der Waals surface area contributed by atoms with Crippen molar-refractivity contribution in [2.75, 3.05) is 5.32 Å². The lowest BCUT2D eigenvalue weighted by Crippen LogP contribution is -2.18. The number of nitrogens with zero attached hydrogens (tertiary/aromatic N) is 2. The second-order valence-electron chi connectivity index (χ2n) is 4.78. The molecule has 1 heterocycles. The Morgan fingerprint density at radius 3 is 2.79 bits per heavy atom. The van der Waals surface area contributed by atoms with Gasteiger partial charge in [0.25, 0.3) is 5.91 Å². The average molecular weight is 340 g/mol. The molecule has 3 aromatic rings. The normalized spacial score (nSPS) is 10.7. The number of amides is 1. The zero-order valence-electron chi connectivity index (χ0n) is 12.4. The second kappa shape index (κ2) is 7.47. The molecule has 0 aliphatic rings. The van der Waals surface area contributed by atoms with Crippen LogP contribution < -0.4 is 10.7 Å². The molecule has 3 rings (SSSR count). The summed E-state index contributed by atoms with van der Waals surface area (Å²) in [6.45, 7) is 0. The Morgan fingerprint density at radius 2 is 2.00 bits per heavy atom.